The van der Waals surface area contributed by atoms with Gasteiger partial charge in [0.15, 0.2) is 12.4 Å². The Kier molecular flexibility index (Phi) is 7.87. The van der Waals surface area contributed by atoms with E-state index in [1.54, 1.807) is 18.2 Å². The van der Waals surface area contributed by atoms with Crippen LogP contribution in [0.1, 0.15) is 17.3 Å². The normalized spacial score (nSPS) is 10.6. The number of alkyl halides is 1. The number of carbonyl (C=O) groups excluding carboxylic acids is 2. The molecule has 0 amide bonds. The quantitative estimate of drug-likeness (QED) is 0.252. The Balaban J connectivity index is 2.25. The van der Waals surface area contributed by atoms with Gasteiger partial charge in [0.05, 0.1) is 25.9 Å². The summed E-state index contributed by atoms with van der Waals surface area (Å²) in [6, 6.07) is 8.95. The molecular formula is C19H21BrO6. The molecule has 0 saturated carbocycles. The third-order valence-electron chi connectivity index (χ3n) is 3.60. The molecule has 0 spiro atoms. The molecule has 2 rings (SSSR count). The van der Waals surface area contributed by atoms with E-state index in [1.165, 1.54) is 14.0 Å². The first-order valence-electron chi connectivity index (χ1n) is 8.10. The molecule has 0 unspecified atom stereocenters. The second-order valence-corrected chi connectivity index (χ2v) is 6.19. The minimum Gasteiger partial charge on any atom is -0.490 e. The minimum atomic E-state index is -0.475. The summed E-state index contributed by atoms with van der Waals surface area (Å²) in [7, 11) is 1.30. The van der Waals surface area contributed by atoms with Crippen molar-refractivity contribution in [1.82, 2.24) is 0 Å². The summed E-state index contributed by atoms with van der Waals surface area (Å²) in [5, 5.41) is 2.35. The molecule has 0 aliphatic heterocycles. The van der Waals surface area contributed by atoms with Crippen molar-refractivity contribution < 1.29 is 28.5 Å². The van der Waals surface area contributed by atoms with Crippen molar-refractivity contribution in [3.63, 3.8) is 0 Å². The molecule has 0 N–H and O–H groups in total. The molecule has 0 bridgehead atoms. The number of Topliss-reactive ketones (excluding diaryl/α,β-unsaturated/α-hetero) is 1. The van der Waals surface area contributed by atoms with Crippen molar-refractivity contribution in [2.24, 2.45) is 0 Å². The molecule has 7 heteroatoms. The summed E-state index contributed by atoms with van der Waals surface area (Å²) in [6.07, 6.45) is 0. The first-order valence-corrected chi connectivity index (χ1v) is 9.22. The van der Waals surface area contributed by atoms with Gasteiger partial charge in [-0.3, -0.25) is 4.79 Å². The van der Waals surface area contributed by atoms with Crippen LogP contribution in [-0.4, -0.2) is 50.6 Å². The summed E-state index contributed by atoms with van der Waals surface area (Å²) in [5.74, 6) is 0.385. The van der Waals surface area contributed by atoms with Crippen molar-refractivity contribution in [3.05, 3.63) is 35.9 Å². The van der Waals surface area contributed by atoms with Gasteiger partial charge in [0, 0.05) is 5.33 Å². The maximum atomic E-state index is 12.2. The average Bonchev–Trinajstić information content (AvgIpc) is 2.64. The summed E-state index contributed by atoms with van der Waals surface area (Å²) in [5.41, 5.74) is 0.478. The van der Waals surface area contributed by atoms with Gasteiger partial charge in [-0.25, -0.2) is 4.79 Å². The first kappa shape index (κ1) is 20.2. The predicted octanol–water partition coefficient (Wildman–Crippen LogP) is 3.38. The van der Waals surface area contributed by atoms with Crippen molar-refractivity contribution >= 4 is 38.5 Å². The molecule has 6 nitrogen and oxygen atoms in total. The second-order valence-electron chi connectivity index (χ2n) is 5.39. The van der Waals surface area contributed by atoms with E-state index in [1.807, 2.05) is 12.1 Å². The smallest absolute Gasteiger partial charge is 0.343 e. The van der Waals surface area contributed by atoms with Crippen LogP contribution in [0.4, 0.5) is 0 Å². The molecule has 26 heavy (non-hydrogen) atoms. The van der Waals surface area contributed by atoms with Gasteiger partial charge >= 0.3 is 5.97 Å². The van der Waals surface area contributed by atoms with Crippen molar-refractivity contribution in [1.29, 1.82) is 0 Å². The molecule has 0 aliphatic rings. The fourth-order valence-electron chi connectivity index (χ4n) is 2.42. The van der Waals surface area contributed by atoms with Crippen molar-refractivity contribution in [3.8, 4) is 11.5 Å². The van der Waals surface area contributed by atoms with Gasteiger partial charge in [-0.05, 0) is 35.9 Å². The van der Waals surface area contributed by atoms with Crippen molar-refractivity contribution in [2.45, 2.75) is 6.92 Å². The van der Waals surface area contributed by atoms with Crippen LogP contribution < -0.4 is 9.47 Å². The van der Waals surface area contributed by atoms with Crippen molar-refractivity contribution in [2.75, 3.05) is 38.9 Å². The van der Waals surface area contributed by atoms with E-state index >= 15 is 0 Å². The topological polar surface area (TPSA) is 71.1 Å². The molecule has 0 aliphatic carbocycles. The SMILES string of the molecule is COC(=O)COc1ccc2ccc(OCCOCCBr)c(C(C)=O)c2c1. The van der Waals surface area contributed by atoms with Crippen LogP contribution in [-0.2, 0) is 14.3 Å². The Bertz CT molecular complexity index is 774. The minimum absolute atomic E-state index is 0.114. The molecule has 2 aromatic carbocycles. The third-order valence-corrected chi connectivity index (χ3v) is 3.92. The lowest BCUT2D eigenvalue weighted by atomic mass is 10.0. The second kappa shape index (κ2) is 10.1. The molecular weight excluding hydrogens is 404 g/mol. The van der Waals surface area contributed by atoms with Crippen LogP contribution in [0.3, 0.4) is 0 Å². The number of carbonyl (C=O) groups is 2. The van der Waals surface area contributed by atoms with Crippen LogP contribution in [0, 0.1) is 0 Å². The number of hydrogen-bond donors (Lipinski definition) is 0. The fraction of sp³-hybridized carbons (Fsp3) is 0.368. The van der Waals surface area contributed by atoms with E-state index in [9.17, 15) is 9.59 Å². The lowest BCUT2D eigenvalue weighted by Crippen LogP contribution is -2.12. The fourth-order valence-corrected chi connectivity index (χ4v) is 2.65. The number of hydrogen-bond acceptors (Lipinski definition) is 6. The zero-order valence-electron chi connectivity index (χ0n) is 14.7. The van der Waals surface area contributed by atoms with E-state index in [4.69, 9.17) is 14.2 Å². The van der Waals surface area contributed by atoms with Gasteiger partial charge < -0.3 is 18.9 Å². The Morgan fingerprint density at radius 1 is 1.04 bits per heavy atom. The summed E-state index contributed by atoms with van der Waals surface area (Å²) >= 11 is 3.29. The van der Waals surface area contributed by atoms with Gasteiger partial charge in [-0.1, -0.05) is 28.1 Å². The van der Waals surface area contributed by atoms with E-state index in [0.717, 1.165) is 10.7 Å². The van der Waals surface area contributed by atoms with E-state index < -0.39 is 5.97 Å². The highest BCUT2D eigenvalue weighted by atomic mass is 79.9. The first-order chi connectivity index (χ1) is 12.6. The maximum Gasteiger partial charge on any atom is 0.343 e. The number of ether oxygens (including phenoxy) is 4. The number of methoxy groups -OCH3 is 1. The zero-order chi connectivity index (χ0) is 18.9. The van der Waals surface area contributed by atoms with Crippen LogP contribution in [0.25, 0.3) is 10.8 Å². The molecule has 0 fully saturated rings. The monoisotopic (exact) mass is 424 g/mol. The number of esters is 1. The lowest BCUT2D eigenvalue weighted by molar-refractivity contribution is -0.142. The van der Waals surface area contributed by atoms with Crippen LogP contribution in [0.2, 0.25) is 0 Å². The Labute approximate surface area is 160 Å². The molecule has 0 saturated heterocycles. The van der Waals surface area contributed by atoms with Gasteiger partial charge in [-0.15, -0.1) is 0 Å². The number of ketones is 1. The number of fused-ring (bicyclic) bond motifs is 1. The van der Waals surface area contributed by atoms with E-state index in [0.29, 0.717) is 42.3 Å². The highest BCUT2D eigenvalue weighted by Gasteiger charge is 2.14. The Hall–Kier alpha value is -2.12. The molecule has 2 aromatic rings. The van der Waals surface area contributed by atoms with Gasteiger partial charge in [0.1, 0.15) is 18.1 Å². The van der Waals surface area contributed by atoms with Gasteiger partial charge in [0.25, 0.3) is 0 Å². The van der Waals surface area contributed by atoms with Crippen LogP contribution in [0.15, 0.2) is 30.3 Å². The Morgan fingerprint density at radius 2 is 1.81 bits per heavy atom. The van der Waals surface area contributed by atoms with Gasteiger partial charge in [0.2, 0.25) is 0 Å². The summed E-state index contributed by atoms with van der Waals surface area (Å²) < 4.78 is 21.1. The Morgan fingerprint density at radius 3 is 2.50 bits per heavy atom. The van der Waals surface area contributed by atoms with Gasteiger partial charge in [-0.2, -0.15) is 0 Å². The maximum absolute atomic E-state index is 12.2. The van der Waals surface area contributed by atoms with E-state index in [2.05, 4.69) is 20.7 Å². The molecule has 0 atom stereocenters. The largest absolute Gasteiger partial charge is 0.490 e. The highest BCUT2D eigenvalue weighted by Crippen LogP contribution is 2.31. The standard InChI is InChI=1S/C19H21BrO6/c1-13(21)19-16-11-15(26-12-18(22)23-2)5-3-14(16)4-6-17(19)25-10-9-24-8-7-20/h3-6,11H,7-10,12H2,1-2H3. The molecule has 140 valence electrons. The molecule has 0 aromatic heterocycles. The molecule has 0 heterocycles. The third kappa shape index (κ3) is 5.44. The predicted molar refractivity (Wildman–Crippen MR) is 102 cm³/mol. The summed E-state index contributed by atoms with van der Waals surface area (Å²) in [4.78, 5) is 23.4. The average molecular weight is 425 g/mol. The lowest BCUT2D eigenvalue weighted by Gasteiger charge is -2.14. The number of benzene rings is 2. The highest BCUT2D eigenvalue weighted by molar-refractivity contribution is 9.09. The summed E-state index contributed by atoms with van der Waals surface area (Å²) in [6.45, 7) is 2.67. The number of halogens is 1. The van der Waals surface area contributed by atoms with E-state index in [-0.39, 0.29) is 12.4 Å². The molecule has 0 radical (unpaired) electrons. The van der Waals surface area contributed by atoms with Crippen LogP contribution >= 0.6 is 15.9 Å². The zero-order valence-corrected chi connectivity index (χ0v) is 16.3. The van der Waals surface area contributed by atoms with Crippen LogP contribution in [0.5, 0.6) is 11.5 Å². The number of rotatable bonds is 10.